The Kier molecular flexibility index (Phi) is 4.28. The lowest BCUT2D eigenvalue weighted by Crippen LogP contribution is -2.40. The average molecular weight is 347 g/mol. The zero-order valence-electron chi connectivity index (χ0n) is 14.7. The molecule has 0 aromatic heterocycles. The molecule has 2 heterocycles. The number of carbonyl (C=O) groups is 3. The number of ether oxygens (including phenoxy) is 2. The second kappa shape index (κ2) is 6.27. The van der Waals surface area contributed by atoms with Gasteiger partial charge in [0, 0.05) is 19.5 Å². The van der Waals surface area contributed by atoms with Crippen molar-refractivity contribution in [2.24, 2.45) is 0 Å². The molecule has 1 fully saturated rings. The van der Waals surface area contributed by atoms with Gasteiger partial charge in [0.2, 0.25) is 5.91 Å². The van der Waals surface area contributed by atoms with E-state index in [0.717, 1.165) is 5.56 Å². The summed E-state index contributed by atoms with van der Waals surface area (Å²) in [7, 11) is 1.69. The van der Waals surface area contributed by atoms with Crippen molar-refractivity contribution in [2.75, 3.05) is 30.0 Å². The maximum Gasteiger partial charge on any atom is 0.415 e. The fourth-order valence-electron chi connectivity index (χ4n) is 3.13. The Morgan fingerprint density at radius 3 is 2.68 bits per heavy atom. The third kappa shape index (κ3) is 2.88. The number of cyclic esters (lactones) is 1. The molecule has 2 aliphatic rings. The van der Waals surface area contributed by atoms with Gasteiger partial charge < -0.3 is 19.7 Å². The summed E-state index contributed by atoms with van der Waals surface area (Å²) in [5, 5.41) is 2.67. The van der Waals surface area contributed by atoms with Gasteiger partial charge in [0.05, 0.1) is 24.0 Å². The Morgan fingerprint density at radius 2 is 2.00 bits per heavy atom. The van der Waals surface area contributed by atoms with E-state index in [1.54, 1.807) is 29.0 Å². The van der Waals surface area contributed by atoms with Crippen molar-refractivity contribution in [3.63, 3.8) is 0 Å². The van der Waals surface area contributed by atoms with Crippen molar-refractivity contribution in [3.05, 3.63) is 17.7 Å². The summed E-state index contributed by atoms with van der Waals surface area (Å²) < 4.78 is 11.0. The zero-order valence-corrected chi connectivity index (χ0v) is 14.7. The molecule has 0 bridgehead atoms. The molecule has 1 N–H and O–H groups in total. The molecule has 1 aromatic rings. The largest absolute Gasteiger partial charge is 0.481 e. The lowest BCUT2D eigenvalue weighted by Gasteiger charge is -2.30. The number of nitrogens with zero attached hydrogens (tertiary/aromatic N) is 2. The number of hydrogen-bond donors (Lipinski definition) is 1. The quantitative estimate of drug-likeness (QED) is 0.888. The third-order valence-corrected chi connectivity index (χ3v) is 4.64. The number of carbonyl (C=O) groups excluding carboxylic acids is 3. The number of fused-ring (bicyclic) bond motifs is 1. The van der Waals surface area contributed by atoms with Crippen LogP contribution in [0.2, 0.25) is 0 Å². The Bertz CT molecular complexity index is 748. The van der Waals surface area contributed by atoms with Gasteiger partial charge in [0.25, 0.3) is 5.91 Å². The van der Waals surface area contributed by atoms with E-state index in [1.807, 2.05) is 13.8 Å². The van der Waals surface area contributed by atoms with E-state index in [4.69, 9.17) is 9.47 Å². The van der Waals surface area contributed by atoms with Crippen LogP contribution in [0.5, 0.6) is 5.75 Å². The number of rotatable bonds is 3. The molecule has 0 spiro atoms. The molecule has 1 saturated heterocycles. The summed E-state index contributed by atoms with van der Waals surface area (Å²) in [6.07, 6.45) is -0.900. The summed E-state index contributed by atoms with van der Waals surface area (Å²) in [5.41, 5.74) is 2.11. The first-order chi connectivity index (χ1) is 11.8. The Hall–Kier alpha value is -2.77. The highest BCUT2D eigenvalue weighted by molar-refractivity contribution is 5.99. The maximum atomic E-state index is 12.4. The molecular weight excluding hydrogens is 326 g/mol. The summed E-state index contributed by atoms with van der Waals surface area (Å²) >= 11 is 0. The lowest BCUT2D eigenvalue weighted by atomic mass is 10.1. The minimum atomic E-state index is -0.467. The van der Waals surface area contributed by atoms with Gasteiger partial charge >= 0.3 is 6.09 Å². The molecule has 134 valence electrons. The number of amides is 3. The van der Waals surface area contributed by atoms with Crippen LogP contribution in [0, 0.1) is 6.92 Å². The van der Waals surface area contributed by atoms with Crippen molar-refractivity contribution in [1.82, 2.24) is 5.32 Å². The maximum absolute atomic E-state index is 12.4. The van der Waals surface area contributed by atoms with Crippen molar-refractivity contribution >= 4 is 29.3 Å². The lowest BCUT2D eigenvalue weighted by molar-refractivity contribution is -0.121. The van der Waals surface area contributed by atoms with E-state index < -0.39 is 12.2 Å². The standard InChI is InChI=1S/C17H21N3O5/c1-9-12(5-6-13-16(9)24-8-15(22)19(13)4)20-10(2)14(25-17(20)23)7-18-11(3)21/h5-6,10,14H,7-8H2,1-4H3,(H,18,21)/t10-,14-/m0/s1. The second-order valence-corrected chi connectivity index (χ2v) is 6.27. The summed E-state index contributed by atoms with van der Waals surface area (Å²) in [6.45, 7) is 5.36. The molecule has 2 aliphatic heterocycles. The molecule has 0 aliphatic carbocycles. The SMILES string of the molecule is CC(=O)NC[C@@H]1OC(=O)N(c2ccc3c(c2C)OCC(=O)N3C)[C@H]1C. The van der Waals surface area contributed by atoms with Crippen molar-refractivity contribution in [3.8, 4) is 5.75 Å². The van der Waals surface area contributed by atoms with E-state index in [1.165, 1.54) is 6.92 Å². The van der Waals surface area contributed by atoms with E-state index in [-0.39, 0.29) is 31.0 Å². The number of anilines is 2. The molecule has 0 saturated carbocycles. The summed E-state index contributed by atoms with van der Waals surface area (Å²) in [4.78, 5) is 38.3. The highest BCUT2D eigenvalue weighted by Crippen LogP contribution is 2.41. The molecule has 3 amide bonds. The Balaban J connectivity index is 1.90. The van der Waals surface area contributed by atoms with Gasteiger partial charge in [-0.05, 0) is 26.0 Å². The van der Waals surface area contributed by atoms with Crippen molar-refractivity contribution in [1.29, 1.82) is 0 Å². The first-order valence-corrected chi connectivity index (χ1v) is 8.08. The van der Waals surface area contributed by atoms with Crippen LogP contribution in [0.25, 0.3) is 0 Å². The van der Waals surface area contributed by atoms with E-state index in [9.17, 15) is 14.4 Å². The average Bonchev–Trinajstić information content (AvgIpc) is 2.84. The Morgan fingerprint density at radius 1 is 1.32 bits per heavy atom. The fraction of sp³-hybridized carbons (Fsp3) is 0.471. The van der Waals surface area contributed by atoms with Crippen LogP contribution in [0.3, 0.4) is 0 Å². The van der Waals surface area contributed by atoms with E-state index in [0.29, 0.717) is 17.1 Å². The first kappa shape index (κ1) is 17.1. The number of benzene rings is 1. The van der Waals surface area contributed by atoms with Gasteiger partial charge in [0.1, 0.15) is 11.9 Å². The van der Waals surface area contributed by atoms with Gasteiger partial charge in [-0.3, -0.25) is 14.5 Å². The van der Waals surface area contributed by atoms with Crippen LogP contribution < -0.4 is 19.9 Å². The monoisotopic (exact) mass is 347 g/mol. The van der Waals surface area contributed by atoms with Crippen LogP contribution >= 0.6 is 0 Å². The fourth-order valence-corrected chi connectivity index (χ4v) is 3.13. The van der Waals surface area contributed by atoms with Gasteiger partial charge in [-0.1, -0.05) is 0 Å². The van der Waals surface area contributed by atoms with Gasteiger partial charge in [-0.2, -0.15) is 0 Å². The number of hydrogen-bond acceptors (Lipinski definition) is 5. The molecule has 8 nitrogen and oxygen atoms in total. The van der Waals surface area contributed by atoms with Crippen LogP contribution in [0.1, 0.15) is 19.4 Å². The highest BCUT2D eigenvalue weighted by atomic mass is 16.6. The minimum Gasteiger partial charge on any atom is -0.481 e. The zero-order chi connectivity index (χ0) is 18.3. The first-order valence-electron chi connectivity index (χ1n) is 8.08. The molecule has 8 heteroatoms. The molecule has 3 rings (SSSR count). The highest BCUT2D eigenvalue weighted by Gasteiger charge is 2.41. The molecule has 2 atom stereocenters. The molecule has 0 radical (unpaired) electrons. The van der Waals surface area contributed by atoms with E-state index >= 15 is 0 Å². The smallest absolute Gasteiger partial charge is 0.415 e. The van der Waals surface area contributed by atoms with Gasteiger partial charge in [-0.25, -0.2) is 4.79 Å². The van der Waals surface area contributed by atoms with Gasteiger partial charge in [-0.15, -0.1) is 0 Å². The molecule has 25 heavy (non-hydrogen) atoms. The topological polar surface area (TPSA) is 88.2 Å². The van der Waals surface area contributed by atoms with Crippen LogP contribution in [-0.4, -0.2) is 50.3 Å². The Labute approximate surface area is 145 Å². The van der Waals surface area contributed by atoms with E-state index in [2.05, 4.69) is 5.32 Å². The van der Waals surface area contributed by atoms with Crippen LogP contribution in [0.15, 0.2) is 12.1 Å². The van der Waals surface area contributed by atoms with Crippen molar-refractivity contribution < 1.29 is 23.9 Å². The second-order valence-electron chi connectivity index (χ2n) is 6.27. The number of nitrogens with one attached hydrogen (secondary N) is 1. The molecule has 0 unspecified atom stereocenters. The van der Waals surface area contributed by atoms with Crippen molar-refractivity contribution in [2.45, 2.75) is 32.9 Å². The normalized spacial score (nSPS) is 22.4. The number of likely N-dealkylation sites (N-methyl/N-ethyl adjacent to an activating group) is 1. The van der Waals surface area contributed by atoms with Gasteiger partial charge in [0.15, 0.2) is 6.61 Å². The molecular formula is C17H21N3O5. The summed E-state index contributed by atoms with van der Waals surface area (Å²) in [6, 6.07) is 3.29. The summed E-state index contributed by atoms with van der Waals surface area (Å²) in [5.74, 6) is 0.293. The minimum absolute atomic E-state index is 0.0288. The third-order valence-electron chi connectivity index (χ3n) is 4.64. The predicted molar refractivity (Wildman–Crippen MR) is 91.0 cm³/mol. The predicted octanol–water partition coefficient (Wildman–Crippen LogP) is 1.20. The van der Waals surface area contributed by atoms with Crippen LogP contribution in [-0.2, 0) is 14.3 Å². The molecule has 1 aromatic carbocycles. The van der Waals surface area contributed by atoms with Crippen LogP contribution in [0.4, 0.5) is 16.2 Å².